The lowest BCUT2D eigenvalue weighted by Gasteiger charge is -2.23. The molecule has 0 unspecified atom stereocenters. The van der Waals surface area contributed by atoms with Crippen molar-refractivity contribution in [3.63, 3.8) is 0 Å². The highest BCUT2D eigenvalue weighted by atomic mass is 16.1. The van der Waals surface area contributed by atoms with Crippen LogP contribution in [-0.2, 0) is 4.79 Å². The number of nitrogens with one attached hydrogen (secondary N) is 2. The lowest BCUT2D eigenvalue weighted by Crippen LogP contribution is -2.22. The molecule has 0 bridgehead atoms. The van der Waals surface area contributed by atoms with E-state index in [0.29, 0.717) is 11.6 Å². The zero-order chi connectivity index (χ0) is 13.7. The maximum Gasteiger partial charge on any atom is 0.250 e. The van der Waals surface area contributed by atoms with Crippen molar-refractivity contribution in [2.24, 2.45) is 0 Å². The summed E-state index contributed by atoms with van der Waals surface area (Å²) in [6, 6.07) is 8.48. The summed E-state index contributed by atoms with van der Waals surface area (Å²) in [7, 11) is 0. The molecule has 19 heavy (non-hydrogen) atoms. The molecule has 1 aliphatic carbocycles. The van der Waals surface area contributed by atoms with Crippen LogP contribution in [0.15, 0.2) is 36.4 Å². The van der Waals surface area contributed by atoms with E-state index in [2.05, 4.69) is 17.2 Å². The molecular weight excluding hydrogens is 236 g/mol. The second-order valence-electron chi connectivity index (χ2n) is 5.29. The van der Waals surface area contributed by atoms with E-state index in [1.165, 1.54) is 32.1 Å². The molecule has 102 valence electrons. The molecule has 0 spiro atoms. The van der Waals surface area contributed by atoms with E-state index in [1.54, 1.807) is 6.92 Å². The predicted octanol–water partition coefficient (Wildman–Crippen LogP) is 3.95. The van der Waals surface area contributed by atoms with E-state index in [-0.39, 0.29) is 5.91 Å². The summed E-state index contributed by atoms with van der Waals surface area (Å²) in [6.45, 7) is 5.32. The van der Waals surface area contributed by atoms with Crippen LogP contribution >= 0.6 is 0 Å². The van der Waals surface area contributed by atoms with Crippen LogP contribution in [-0.4, -0.2) is 11.9 Å². The van der Waals surface area contributed by atoms with E-state index in [4.69, 9.17) is 0 Å². The summed E-state index contributed by atoms with van der Waals surface area (Å²) < 4.78 is 0. The first-order valence-corrected chi connectivity index (χ1v) is 6.98. The first kappa shape index (κ1) is 13.7. The molecule has 0 radical (unpaired) electrons. The normalized spacial score (nSPS) is 15.8. The Morgan fingerprint density at radius 2 is 1.68 bits per heavy atom. The molecule has 0 saturated heterocycles. The molecule has 0 aromatic heterocycles. The lowest BCUT2D eigenvalue weighted by atomic mass is 9.95. The maximum atomic E-state index is 11.5. The Morgan fingerprint density at radius 3 is 2.26 bits per heavy atom. The minimum absolute atomic E-state index is 0.131. The van der Waals surface area contributed by atoms with Gasteiger partial charge in [0, 0.05) is 23.0 Å². The van der Waals surface area contributed by atoms with Crippen molar-refractivity contribution in [1.29, 1.82) is 0 Å². The van der Waals surface area contributed by atoms with Crippen LogP contribution in [0.3, 0.4) is 0 Å². The van der Waals surface area contributed by atoms with Gasteiger partial charge in [-0.15, -0.1) is 0 Å². The monoisotopic (exact) mass is 258 g/mol. The van der Waals surface area contributed by atoms with Crippen LogP contribution in [0.5, 0.6) is 0 Å². The molecule has 3 heteroatoms. The fraction of sp³-hybridized carbons (Fsp3) is 0.438. The number of hydrogen-bond acceptors (Lipinski definition) is 2. The van der Waals surface area contributed by atoms with Gasteiger partial charge in [0.25, 0.3) is 5.91 Å². The van der Waals surface area contributed by atoms with Crippen LogP contribution in [0, 0.1) is 0 Å². The van der Waals surface area contributed by atoms with Gasteiger partial charge in [-0.05, 0) is 44.0 Å². The molecule has 0 atom stereocenters. The first-order valence-electron chi connectivity index (χ1n) is 6.98. The molecule has 1 aromatic carbocycles. The number of benzene rings is 1. The van der Waals surface area contributed by atoms with Crippen molar-refractivity contribution in [2.75, 3.05) is 10.6 Å². The van der Waals surface area contributed by atoms with Crippen molar-refractivity contribution in [3.05, 3.63) is 36.4 Å². The number of carbonyl (C=O) groups is 1. The Bertz CT molecular complexity index is 444. The van der Waals surface area contributed by atoms with Crippen LogP contribution < -0.4 is 10.6 Å². The summed E-state index contributed by atoms with van der Waals surface area (Å²) >= 11 is 0. The number of anilines is 2. The number of rotatable bonds is 4. The topological polar surface area (TPSA) is 41.1 Å². The lowest BCUT2D eigenvalue weighted by molar-refractivity contribution is -0.112. The van der Waals surface area contributed by atoms with Crippen LogP contribution in [0.2, 0.25) is 0 Å². The average Bonchev–Trinajstić information content (AvgIpc) is 2.42. The quantitative estimate of drug-likeness (QED) is 0.803. The van der Waals surface area contributed by atoms with Gasteiger partial charge in [-0.3, -0.25) is 4.79 Å². The van der Waals surface area contributed by atoms with E-state index in [0.717, 1.165) is 11.4 Å². The Labute approximate surface area is 115 Å². The highest BCUT2D eigenvalue weighted by Gasteiger charge is 2.12. The van der Waals surface area contributed by atoms with Crippen molar-refractivity contribution in [2.45, 2.75) is 45.1 Å². The summed E-state index contributed by atoms with van der Waals surface area (Å²) in [5.41, 5.74) is 2.45. The molecule has 2 rings (SSSR count). The number of amides is 1. The van der Waals surface area contributed by atoms with Crippen molar-refractivity contribution < 1.29 is 4.79 Å². The van der Waals surface area contributed by atoms with E-state index in [9.17, 15) is 4.79 Å². The fourth-order valence-corrected chi connectivity index (χ4v) is 2.37. The second-order valence-corrected chi connectivity index (χ2v) is 5.29. The van der Waals surface area contributed by atoms with Crippen molar-refractivity contribution in [3.8, 4) is 0 Å². The molecular formula is C16H22N2O. The SMILES string of the molecule is C=C(C)C(=O)Nc1ccc(NC2CCCCC2)cc1. The zero-order valence-corrected chi connectivity index (χ0v) is 11.5. The Morgan fingerprint density at radius 1 is 1.11 bits per heavy atom. The molecule has 1 saturated carbocycles. The zero-order valence-electron chi connectivity index (χ0n) is 11.5. The molecule has 1 amide bonds. The standard InChI is InChI=1S/C16H22N2O/c1-12(2)16(19)18-15-10-8-14(9-11-15)17-13-6-4-3-5-7-13/h8-11,13,17H,1,3-7H2,2H3,(H,18,19). The van der Waals surface area contributed by atoms with Crippen molar-refractivity contribution >= 4 is 17.3 Å². The van der Waals surface area contributed by atoms with Crippen LogP contribution in [0.25, 0.3) is 0 Å². The van der Waals surface area contributed by atoms with Crippen LogP contribution in [0.4, 0.5) is 11.4 Å². The van der Waals surface area contributed by atoms with Gasteiger partial charge in [-0.25, -0.2) is 0 Å². The minimum atomic E-state index is -0.131. The third-order valence-corrected chi connectivity index (χ3v) is 3.51. The van der Waals surface area contributed by atoms with Gasteiger partial charge >= 0.3 is 0 Å². The van der Waals surface area contributed by atoms with E-state index in [1.807, 2.05) is 24.3 Å². The van der Waals surface area contributed by atoms with Gasteiger partial charge in [0.2, 0.25) is 0 Å². The smallest absolute Gasteiger partial charge is 0.250 e. The average molecular weight is 258 g/mol. The van der Waals surface area contributed by atoms with Gasteiger partial charge in [-0.1, -0.05) is 25.8 Å². The minimum Gasteiger partial charge on any atom is -0.382 e. The van der Waals surface area contributed by atoms with Crippen LogP contribution in [0.1, 0.15) is 39.0 Å². The third kappa shape index (κ3) is 4.12. The number of hydrogen-bond donors (Lipinski definition) is 2. The largest absolute Gasteiger partial charge is 0.382 e. The summed E-state index contributed by atoms with van der Waals surface area (Å²) in [4.78, 5) is 11.5. The molecule has 2 N–H and O–H groups in total. The molecule has 0 heterocycles. The highest BCUT2D eigenvalue weighted by molar-refractivity contribution is 6.02. The fourth-order valence-electron chi connectivity index (χ4n) is 2.37. The second kappa shape index (κ2) is 6.41. The maximum absolute atomic E-state index is 11.5. The molecule has 1 fully saturated rings. The van der Waals surface area contributed by atoms with Gasteiger partial charge in [0.05, 0.1) is 0 Å². The van der Waals surface area contributed by atoms with Gasteiger partial charge in [-0.2, -0.15) is 0 Å². The van der Waals surface area contributed by atoms with E-state index < -0.39 is 0 Å². The predicted molar refractivity (Wildman–Crippen MR) is 80.4 cm³/mol. The molecule has 0 aliphatic heterocycles. The first-order chi connectivity index (χ1) is 9.15. The molecule has 3 nitrogen and oxygen atoms in total. The van der Waals surface area contributed by atoms with Gasteiger partial charge < -0.3 is 10.6 Å². The van der Waals surface area contributed by atoms with Gasteiger partial charge in [0.1, 0.15) is 0 Å². The Balaban J connectivity index is 1.90. The summed E-state index contributed by atoms with van der Waals surface area (Å²) in [5, 5.41) is 6.36. The summed E-state index contributed by atoms with van der Waals surface area (Å²) in [6.07, 6.45) is 6.53. The molecule has 1 aliphatic rings. The Hall–Kier alpha value is -1.77. The van der Waals surface area contributed by atoms with Crippen molar-refractivity contribution in [1.82, 2.24) is 0 Å². The summed E-state index contributed by atoms with van der Waals surface area (Å²) in [5.74, 6) is -0.131. The third-order valence-electron chi connectivity index (χ3n) is 3.51. The highest BCUT2D eigenvalue weighted by Crippen LogP contribution is 2.22. The van der Waals surface area contributed by atoms with E-state index >= 15 is 0 Å². The Kier molecular flexibility index (Phi) is 4.61. The molecule has 1 aromatic rings. The van der Waals surface area contributed by atoms with Gasteiger partial charge in [0.15, 0.2) is 0 Å². The number of carbonyl (C=O) groups excluding carboxylic acids is 1.